The Labute approximate surface area is 113 Å². The van der Waals surface area contributed by atoms with Gasteiger partial charge in [0.1, 0.15) is 5.60 Å². The lowest BCUT2D eigenvalue weighted by Gasteiger charge is -2.26. The van der Waals surface area contributed by atoms with Crippen LogP contribution in [0.3, 0.4) is 0 Å². The molecule has 19 heavy (non-hydrogen) atoms. The Hall–Kier alpha value is -1.30. The molecule has 6 nitrogen and oxygen atoms in total. The lowest BCUT2D eigenvalue weighted by Crippen LogP contribution is -2.37. The van der Waals surface area contributed by atoms with E-state index in [0.717, 1.165) is 0 Å². The molecule has 110 valence electrons. The van der Waals surface area contributed by atoms with Gasteiger partial charge in [0.2, 0.25) is 0 Å². The van der Waals surface area contributed by atoms with Crippen LogP contribution in [0.5, 0.6) is 0 Å². The van der Waals surface area contributed by atoms with E-state index in [-0.39, 0.29) is 12.5 Å². The zero-order valence-electron chi connectivity index (χ0n) is 11.8. The normalized spacial score (nSPS) is 24.7. The highest BCUT2D eigenvalue weighted by Gasteiger charge is 2.33. The molecule has 1 saturated heterocycles. The monoisotopic (exact) mass is 273 g/mol. The van der Waals surface area contributed by atoms with E-state index in [4.69, 9.17) is 9.84 Å². The van der Waals surface area contributed by atoms with Crippen LogP contribution in [-0.4, -0.2) is 52.5 Å². The Morgan fingerprint density at radius 1 is 1.26 bits per heavy atom. The zero-order valence-corrected chi connectivity index (χ0v) is 11.8. The number of aliphatic hydroxyl groups excluding tert-OH is 1. The van der Waals surface area contributed by atoms with Crippen molar-refractivity contribution >= 4 is 12.1 Å². The number of hydrogen-bond acceptors (Lipinski definition) is 4. The Morgan fingerprint density at radius 2 is 1.84 bits per heavy atom. The SMILES string of the molecule is CC(C)(C)OC(=O)N1CC[C@H](CO)[C@H](C(=O)O)CC1. The summed E-state index contributed by atoms with van der Waals surface area (Å²) in [6, 6.07) is 0. The average Bonchev–Trinajstić information content (AvgIpc) is 2.48. The van der Waals surface area contributed by atoms with Crippen molar-refractivity contribution in [3.63, 3.8) is 0 Å². The lowest BCUT2D eigenvalue weighted by molar-refractivity contribution is -0.144. The summed E-state index contributed by atoms with van der Waals surface area (Å²) < 4.78 is 5.27. The van der Waals surface area contributed by atoms with E-state index in [1.165, 1.54) is 4.90 Å². The largest absolute Gasteiger partial charge is 0.481 e. The molecule has 0 spiro atoms. The number of aliphatic hydroxyl groups is 1. The predicted molar refractivity (Wildman–Crippen MR) is 68.7 cm³/mol. The average molecular weight is 273 g/mol. The van der Waals surface area contributed by atoms with E-state index in [9.17, 15) is 14.7 Å². The number of hydrogen-bond donors (Lipinski definition) is 2. The number of nitrogens with zero attached hydrogens (tertiary/aromatic N) is 1. The van der Waals surface area contributed by atoms with Gasteiger partial charge in [-0.05, 0) is 39.5 Å². The summed E-state index contributed by atoms with van der Waals surface area (Å²) in [6.45, 7) is 5.98. The summed E-state index contributed by atoms with van der Waals surface area (Å²) in [7, 11) is 0. The number of carboxylic acids is 1. The Morgan fingerprint density at radius 3 is 2.32 bits per heavy atom. The molecule has 1 fully saturated rings. The Bertz CT molecular complexity index is 336. The van der Waals surface area contributed by atoms with Crippen molar-refractivity contribution in [2.45, 2.75) is 39.2 Å². The van der Waals surface area contributed by atoms with Crippen LogP contribution in [-0.2, 0) is 9.53 Å². The van der Waals surface area contributed by atoms with Crippen LogP contribution >= 0.6 is 0 Å². The van der Waals surface area contributed by atoms with Gasteiger partial charge >= 0.3 is 12.1 Å². The highest BCUT2D eigenvalue weighted by Crippen LogP contribution is 2.25. The van der Waals surface area contributed by atoms with Gasteiger partial charge in [-0.2, -0.15) is 0 Å². The molecule has 1 amide bonds. The summed E-state index contributed by atoms with van der Waals surface area (Å²) in [5, 5.41) is 18.4. The molecule has 0 aromatic carbocycles. The van der Waals surface area contributed by atoms with E-state index in [1.807, 2.05) is 0 Å². The lowest BCUT2D eigenvalue weighted by atomic mass is 9.89. The maximum absolute atomic E-state index is 11.9. The third kappa shape index (κ3) is 4.70. The molecule has 1 heterocycles. The molecule has 0 aromatic heterocycles. The smallest absolute Gasteiger partial charge is 0.410 e. The summed E-state index contributed by atoms with van der Waals surface area (Å²) in [4.78, 5) is 24.6. The van der Waals surface area contributed by atoms with E-state index in [1.54, 1.807) is 20.8 Å². The second-order valence-electron chi connectivity index (χ2n) is 5.93. The minimum Gasteiger partial charge on any atom is -0.481 e. The van der Waals surface area contributed by atoms with Gasteiger partial charge in [0.05, 0.1) is 5.92 Å². The topological polar surface area (TPSA) is 87.1 Å². The number of likely N-dealkylation sites (tertiary alicyclic amines) is 1. The fourth-order valence-electron chi connectivity index (χ4n) is 2.22. The van der Waals surface area contributed by atoms with Gasteiger partial charge in [0.15, 0.2) is 0 Å². The van der Waals surface area contributed by atoms with Crippen molar-refractivity contribution in [3.05, 3.63) is 0 Å². The molecule has 2 atom stereocenters. The number of carboxylic acid groups (broad SMARTS) is 1. The summed E-state index contributed by atoms with van der Waals surface area (Å²) in [5.41, 5.74) is -0.564. The molecule has 6 heteroatoms. The molecule has 0 unspecified atom stereocenters. The van der Waals surface area contributed by atoms with Gasteiger partial charge in [-0.25, -0.2) is 4.79 Å². The molecule has 0 aliphatic carbocycles. The molecule has 1 aliphatic heterocycles. The van der Waals surface area contributed by atoms with Crippen LogP contribution in [0.1, 0.15) is 33.6 Å². The maximum Gasteiger partial charge on any atom is 0.410 e. The van der Waals surface area contributed by atoms with Crippen molar-refractivity contribution in [2.24, 2.45) is 11.8 Å². The first-order valence-corrected chi connectivity index (χ1v) is 6.56. The number of carbonyl (C=O) groups excluding carboxylic acids is 1. The Balaban J connectivity index is 2.66. The molecular weight excluding hydrogens is 250 g/mol. The van der Waals surface area contributed by atoms with Crippen LogP contribution in [0, 0.1) is 11.8 Å². The standard InChI is InChI=1S/C13H23NO5/c1-13(2,3)19-12(18)14-6-4-9(8-15)10(5-7-14)11(16)17/h9-10,15H,4-8H2,1-3H3,(H,16,17)/t9-,10-/m1/s1. The van der Waals surface area contributed by atoms with E-state index in [0.29, 0.717) is 25.9 Å². The van der Waals surface area contributed by atoms with Gasteiger partial charge in [0, 0.05) is 19.7 Å². The first-order chi connectivity index (χ1) is 8.74. The summed E-state index contributed by atoms with van der Waals surface area (Å²) in [6.07, 6.45) is 0.405. The molecule has 1 rings (SSSR count). The van der Waals surface area contributed by atoms with Gasteiger partial charge < -0.3 is 19.8 Å². The molecule has 2 N–H and O–H groups in total. The number of amides is 1. The maximum atomic E-state index is 11.9. The number of rotatable bonds is 2. The summed E-state index contributed by atoms with van der Waals surface area (Å²) >= 11 is 0. The summed E-state index contributed by atoms with van der Waals surface area (Å²) in [5.74, 6) is -1.81. The fraction of sp³-hybridized carbons (Fsp3) is 0.846. The molecule has 0 bridgehead atoms. The quantitative estimate of drug-likeness (QED) is 0.792. The van der Waals surface area contributed by atoms with Crippen molar-refractivity contribution in [2.75, 3.05) is 19.7 Å². The number of ether oxygens (including phenoxy) is 1. The molecule has 1 aliphatic rings. The minimum atomic E-state index is -0.912. The highest BCUT2D eigenvalue weighted by atomic mass is 16.6. The van der Waals surface area contributed by atoms with Crippen LogP contribution < -0.4 is 0 Å². The van der Waals surface area contributed by atoms with Crippen molar-refractivity contribution in [3.8, 4) is 0 Å². The van der Waals surface area contributed by atoms with Gasteiger partial charge in [0.25, 0.3) is 0 Å². The number of aliphatic carboxylic acids is 1. The van der Waals surface area contributed by atoms with Gasteiger partial charge in [-0.1, -0.05) is 0 Å². The first kappa shape index (κ1) is 15.8. The third-order valence-electron chi connectivity index (χ3n) is 3.25. The van der Waals surface area contributed by atoms with Crippen LogP contribution in [0.25, 0.3) is 0 Å². The number of carbonyl (C=O) groups is 2. The van der Waals surface area contributed by atoms with Crippen LogP contribution in [0.15, 0.2) is 0 Å². The van der Waals surface area contributed by atoms with Crippen molar-refractivity contribution < 1.29 is 24.5 Å². The zero-order chi connectivity index (χ0) is 14.6. The van der Waals surface area contributed by atoms with E-state index in [2.05, 4.69) is 0 Å². The minimum absolute atomic E-state index is 0.168. The highest BCUT2D eigenvalue weighted by molar-refractivity contribution is 5.71. The molecule has 0 aromatic rings. The third-order valence-corrected chi connectivity index (χ3v) is 3.25. The van der Waals surface area contributed by atoms with Gasteiger partial charge in [-0.15, -0.1) is 0 Å². The molecule has 0 radical (unpaired) electrons. The van der Waals surface area contributed by atoms with Gasteiger partial charge in [-0.3, -0.25) is 4.79 Å². The van der Waals surface area contributed by atoms with Crippen molar-refractivity contribution in [1.29, 1.82) is 0 Å². The fourth-order valence-corrected chi connectivity index (χ4v) is 2.22. The first-order valence-electron chi connectivity index (χ1n) is 6.56. The molecule has 0 saturated carbocycles. The van der Waals surface area contributed by atoms with Crippen LogP contribution in [0.2, 0.25) is 0 Å². The van der Waals surface area contributed by atoms with Crippen LogP contribution in [0.4, 0.5) is 4.79 Å². The second kappa shape index (κ2) is 6.23. The molecular formula is C13H23NO5. The van der Waals surface area contributed by atoms with E-state index < -0.39 is 23.6 Å². The van der Waals surface area contributed by atoms with Crippen molar-refractivity contribution in [1.82, 2.24) is 4.90 Å². The van der Waals surface area contributed by atoms with E-state index >= 15 is 0 Å². The predicted octanol–water partition coefficient (Wildman–Crippen LogP) is 1.33. The second-order valence-corrected chi connectivity index (χ2v) is 5.93. The Kier molecular flexibility index (Phi) is 5.17.